The van der Waals surface area contributed by atoms with Crippen molar-refractivity contribution in [1.82, 2.24) is 4.98 Å². The van der Waals surface area contributed by atoms with Gasteiger partial charge in [0.2, 0.25) is 5.91 Å². The average Bonchev–Trinajstić information content (AvgIpc) is 2.70. The number of benzene rings is 1. The summed E-state index contributed by atoms with van der Waals surface area (Å²) >= 11 is 13.3. The molecule has 1 aromatic heterocycles. The van der Waals surface area contributed by atoms with Gasteiger partial charge in [-0.05, 0) is 17.7 Å². The minimum Gasteiger partial charge on any atom is -0.302 e. The smallest absolute Gasteiger partial charge is 0.223 e. The molecule has 0 bridgehead atoms. The van der Waals surface area contributed by atoms with Crippen LogP contribution in [0, 0.1) is 0 Å². The van der Waals surface area contributed by atoms with Crippen molar-refractivity contribution in [3.8, 4) is 0 Å². The number of nitrogens with zero attached hydrogens (tertiary/aromatic N) is 1. The second kappa shape index (κ2) is 5.69. The molecule has 6 heteroatoms. The molecule has 2 aromatic rings. The number of carbonyl (C=O) groups is 1. The Morgan fingerprint density at radius 3 is 2.83 bits per heavy atom. The van der Waals surface area contributed by atoms with Crippen LogP contribution < -0.4 is 5.32 Å². The molecule has 18 heavy (non-hydrogen) atoms. The van der Waals surface area contributed by atoms with Gasteiger partial charge in [-0.2, -0.15) is 0 Å². The van der Waals surface area contributed by atoms with Crippen LogP contribution in [0.5, 0.6) is 0 Å². The van der Waals surface area contributed by atoms with Gasteiger partial charge in [-0.3, -0.25) is 4.79 Å². The third kappa shape index (κ3) is 3.45. The quantitative estimate of drug-likeness (QED) is 0.931. The number of aromatic nitrogens is 1. The van der Waals surface area contributed by atoms with E-state index in [1.54, 1.807) is 12.3 Å². The minimum absolute atomic E-state index is 0.120. The molecule has 1 amide bonds. The van der Waals surface area contributed by atoms with E-state index in [0.29, 0.717) is 21.6 Å². The zero-order valence-corrected chi connectivity index (χ0v) is 11.9. The summed E-state index contributed by atoms with van der Waals surface area (Å²) in [6.07, 6.45) is 2.46. The van der Waals surface area contributed by atoms with Gasteiger partial charge in [-0.25, -0.2) is 4.98 Å². The molecular formula is C12H10Cl2N2OS. The van der Waals surface area contributed by atoms with E-state index in [0.717, 1.165) is 10.4 Å². The molecular weight excluding hydrogens is 291 g/mol. The summed E-state index contributed by atoms with van der Waals surface area (Å²) < 4.78 is 0. The van der Waals surface area contributed by atoms with Crippen molar-refractivity contribution in [2.75, 3.05) is 5.32 Å². The van der Waals surface area contributed by atoms with Crippen molar-refractivity contribution in [3.05, 3.63) is 44.9 Å². The molecule has 0 spiro atoms. The van der Waals surface area contributed by atoms with Crippen LogP contribution in [0.3, 0.4) is 0 Å². The fourth-order valence-electron chi connectivity index (χ4n) is 1.45. The first kappa shape index (κ1) is 13.3. The fourth-order valence-corrected chi connectivity index (χ4v) is 2.66. The van der Waals surface area contributed by atoms with Crippen LogP contribution >= 0.6 is 34.5 Å². The van der Waals surface area contributed by atoms with Crippen LogP contribution in [0.25, 0.3) is 0 Å². The van der Waals surface area contributed by atoms with Crippen molar-refractivity contribution in [2.24, 2.45) is 0 Å². The van der Waals surface area contributed by atoms with E-state index in [-0.39, 0.29) is 5.91 Å². The molecule has 94 valence electrons. The maximum atomic E-state index is 10.9. The largest absolute Gasteiger partial charge is 0.302 e. The Labute approximate surface area is 119 Å². The van der Waals surface area contributed by atoms with E-state index < -0.39 is 0 Å². The number of thiazole rings is 1. The van der Waals surface area contributed by atoms with Crippen LogP contribution in [0.15, 0.2) is 24.4 Å². The van der Waals surface area contributed by atoms with Crippen LogP contribution in [-0.2, 0) is 11.2 Å². The monoisotopic (exact) mass is 300 g/mol. The summed E-state index contributed by atoms with van der Waals surface area (Å²) in [5.74, 6) is -0.120. The van der Waals surface area contributed by atoms with Crippen molar-refractivity contribution in [3.63, 3.8) is 0 Å². The standard InChI is InChI=1S/C12H10Cl2N2OS/c1-7(17)16-12-15-6-9(18-12)4-8-2-3-10(13)11(14)5-8/h2-3,5-6H,4H2,1H3,(H,15,16,17). The summed E-state index contributed by atoms with van der Waals surface area (Å²) in [6, 6.07) is 5.53. The number of hydrogen-bond donors (Lipinski definition) is 1. The predicted octanol–water partition coefficient (Wildman–Crippen LogP) is 4.00. The number of carbonyl (C=O) groups excluding carboxylic acids is 1. The third-order valence-electron chi connectivity index (χ3n) is 2.20. The Bertz CT molecular complexity index is 583. The first-order valence-corrected chi connectivity index (χ1v) is 6.78. The normalized spacial score (nSPS) is 10.4. The van der Waals surface area contributed by atoms with Gasteiger partial charge in [0, 0.05) is 24.4 Å². The summed E-state index contributed by atoms with van der Waals surface area (Å²) in [6.45, 7) is 1.46. The van der Waals surface area contributed by atoms with E-state index in [1.807, 2.05) is 12.1 Å². The Morgan fingerprint density at radius 1 is 1.39 bits per heavy atom. The third-order valence-corrected chi connectivity index (χ3v) is 3.85. The van der Waals surface area contributed by atoms with Crippen molar-refractivity contribution in [1.29, 1.82) is 0 Å². The number of hydrogen-bond acceptors (Lipinski definition) is 3. The molecule has 0 saturated heterocycles. The van der Waals surface area contributed by atoms with Crippen molar-refractivity contribution < 1.29 is 4.79 Å². The number of nitrogens with one attached hydrogen (secondary N) is 1. The summed E-state index contributed by atoms with van der Waals surface area (Å²) in [4.78, 5) is 16.1. The van der Waals surface area contributed by atoms with Gasteiger partial charge in [0.25, 0.3) is 0 Å². The number of rotatable bonds is 3. The Morgan fingerprint density at radius 2 is 2.17 bits per heavy atom. The molecule has 0 fully saturated rings. The zero-order valence-electron chi connectivity index (χ0n) is 9.54. The molecule has 0 aliphatic heterocycles. The highest BCUT2D eigenvalue weighted by molar-refractivity contribution is 7.15. The van der Waals surface area contributed by atoms with Crippen LogP contribution in [0.4, 0.5) is 5.13 Å². The molecule has 3 nitrogen and oxygen atoms in total. The SMILES string of the molecule is CC(=O)Nc1ncc(Cc2ccc(Cl)c(Cl)c2)s1. The van der Waals surface area contributed by atoms with Gasteiger partial charge in [-0.1, -0.05) is 29.3 Å². The van der Waals surface area contributed by atoms with Crippen LogP contribution in [0.1, 0.15) is 17.4 Å². The Balaban J connectivity index is 2.11. The van der Waals surface area contributed by atoms with Crippen LogP contribution in [-0.4, -0.2) is 10.9 Å². The van der Waals surface area contributed by atoms with E-state index in [4.69, 9.17) is 23.2 Å². The van der Waals surface area contributed by atoms with E-state index >= 15 is 0 Å². The maximum Gasteiger partial charge on any atom is 0.223 e. The fraction of sp³-hybridized carbons (Fsp3) is 0.167. The molecule has 0 unspecified atom stereocenters. The first-order chi connectivity index (χ1) is 8.54. The summed E-state index contributed by atoms with van der Waals surface area (Å²) in [5.41, 5.74) is 1.06. The predicted molar refractivity (Wildman–Crippen MR) is 75.7 cm³/mol. The average molecular weight is 301 g/mol. The topological polar surface area (TPSA) is 42.0 Å². The summed E-state index contributed by atoms with van der Waals surface area (Å²) in [5, 5.41) is 4.35. The van der Waals surface area contributed by atoms with Gasteiger partial charge in [0.15, 0.2) is 5.13 Å². The van der Waals surface area contributed by atoms with Gasteiger partial charge in [0.05, 0.1) is 10.0 Å². The minimum atomic E-state index is -0.120. The molecule has 0 atom stereocenters. The van der Waals surface area contributed by atoms with E-state index in [9.17, 15) is 4.79 Å². The second-order valence-electron chi connectivity index (χ2n) is 3.74. The Hall–Kier alpha value is -1.10. The highest BCUT2D eigenvalue weighted by Crippen LogP contribution is 2.26. The van der Waals surface area contributed by atoms with Crippen LogP contribution in [0.2, 0.25) is 10.0 Å². The molecule has 0 aliphatic carbocycles. The lowest BCUT2D eigenvalue weighted by molar-refractivity contribution is -0.114. The first-order valence-electron chi connectivity index (χ1n) is 5.21. The second-order valence-corrected chi connectivity index (χ2v) is 5.67. The van der Waals surface area contributed by atoms with Gasteiger partial charge in [-0.15, -0.1) is 11.3 Å². The highest BCUT2D eigenvalue weighted by atomic mass is 35.5. The highest BCUT2D eigenvalue weighted by Gasteiger charge is 2.06. The maximum absolute atomic E-state index is 10.9. The van der Waals surface area contributed by atoms with Crippen molar-refractivity contribution in [2.45, 2.75) is 13.3 Å². The molecule has 2 rings (SSSR count). The molecule has 0 radical (unpaired) electrons. The molecule has 0 saturated carbocycles. The van der Waals surface area contributed by atoms with Gasteiger partial charge in [0.1, 0.15) is 0 Å². The molecule has 1 heterocycles. The number of halogens is 2. The lowest BCUT2D eigenvalue weighted by Crippen LogP contribution is -2.04. The molecule has 1 N–H and O–H groups in total. The van der Waals surface area contributed by atoms with E-state index in [1.165, 1.54) is 18.3 Å². The zero-order chi connectivity index (χ0) is 13.1. The van der Waals surface area contributed by atoms with Gasteiger partial charge < -0.3 is 5.32 Å². The molecule has 0 aliphatic rings. The lowest BCUT2D eigenvalue weighted by atomic mass is 10.1. The summed E-state index contributed by atoms with van der Waals surface area (Å²) in [7, 11) is 0. The van der Waals surface area contributed by atoms with Crippen molar-refractivity contribution >= 4 is 45.6 Å². The Kier molecular flexibility index (Phi) is 4.22. The number of amides is 1. The van der Waals surface area contributed by atoms with Gasteiger partial charge >= 0.3 is 0 Å². The lowest BCUT2D eigenvalue weighted by Gasteiger charge is -2.00. The number of anilines is 1. The van der Waals surface area contributed by atoms with E-state index in [2.05, 4.69) is 10.3 Å². The molecule has 1 aromatic carbocycles.